The number of rotatable bonds is 1. The maximum absolute atomic E-state index is 11.3. The number of pyridine rings is 1. The molecule has 19 heavy (non-hydrogen) atoms. The molecule has 1 heterocycles. The lowest BCUT2D eigenvalue weighted by Crippen LogP contribution is -2.27. The van der Waals surface area contributed by atoms with Gasteiger partial charge in [-0.25, -0.2) is 0 Å². The molecule has 1 aliphatic carbocycles. The van der Waals surface area contributed by atoms with E-state index >= 15 is 0 Å². The van der Waals surface area contributed by atoms with Crippen molar-refractivity contribution in [2.24, 2.45) is 0 Å². The molecule has 1 aromatic carbocycles. The van der Waals surface area contributed by atoms with Crippen LogP contribution in [0.25, 0.3) is 0 Å². The fourth-order valence-corrected chi connectivity index (χ4v) is 3.05. The van der Waals surface area contributed by atoms with Crippen LogP contribution < -0.4 is 0 Å². The van der Waals surface area contributed by atoms with Crippen LogP contribution in [0.1, 0.15) is 41.5 Å². The summed E-state index contributed by atoms with van der Waals surface area (Å²) in [4.78, 5) is 4.25. The third-order valence-electron chi connectivity index (χ3n) is 4.05. The fraction of sp³-hybridized carbons (Fsp3) is 0.353. The number of fused-ring (bicyclic) bond motifs is 1. The van der Waals surface area contributed by atoms with Crippen LogP contribution in [-0.2, 0) is 12.0 Å². The Bertz CT molecular complexity index is 593. The molecule has 0 saturated carbocycles. The van der Waals surface area contributed by atoms with Crippen LogP contribution in [0.4, 0.5) is 0 Å². The first-order valence-corrected chi connectivity index (χ1v) is 6.93. The van der Waals surface area contributed by atoms with Crippen molar-refractivity contribution in [3.8, 4) is 0 Å². The van der Waals surface area contributed by atoms with Gasteiger partial charge in [-0.1, -0.05) is 24.3 Å². The van der Waals surface area contributed by atoms with Crippen LogP contribution in [0.2, 0.25) is 0 Å². The number of nitrogens with zero attached hydrogens (tertiary/aromatic N) is 1. The van der Waals surface area contributed by atoms with Gasteiger partial charge in [0, 0.05) is 18.0 Å². The standard InChI is InChI=1S/C17H19NO/c1-13-10-15(12-18-11-13)17(19)9-5-4-7-14-6-2-3-8-16(14)17/h2-3,6,8,10-12,19H,4-5,7,9H2,1H3. The van der Waals surface area contributed by atoms with Gasteiger partial charge in [-0.15, -0.1) is 0 Å². The van der Waals surface area contributed by atoms with Crippen LogP contribution in [0.15, 0.2) is 42.7 Å². The molecule has 0 amide bonds. The molecule has 0 fully saturated rings. The predicted molar refractivity (Wildman–Crippen MR) is 76.0 cm³/mol. The number of hydrogen-bond donors (Lipinski definition) is 1. The molecule has 1 unspecified atom stereocenters. The molecule has 1 N–H and O–H groups in total. The lowest BCUT2D eigenvalue weighted by molar-refractivity contribution is 0.0700. The Kier molecular flexibility index (Phi) is 3.11. The van der Waals surface area contributed by atoms with E-state index in [0.717, 1.165) is 42.4 Å². The molecule has 2 heteroatoms. The Labute approximate surface area is 114 Å². The van der Waals surface area contributed by atoms with Crippen molar-refractivity contribution >= 4 is 0 Å². The van der Waals surface area contributed by atoms with Crippen molar-refractivity contribution in [3.05, 3.63) is 65.0 Å². The van der Waals surface area contributed by atoms with Gasteiger partial charge in [0.15, 0.2) is 0 Å². The second-order valence-electron chi connectivity index (χ2n) is 5.48. The first kappa shape index (κ1) is 12.4. The van der Waals surface area contributed by atoms with E-state index in [-0.39, 0.29) is 0 Å². The Morgan fingerprint density at radius 3 is 2.84 bits per heavy atom. The van der Waals surface area contributed by atoms with E-state index in [4.69, 9.17) is 0 Å². The van der Waals surface area contributed by atoms with Crippen molar-refractivity contribution in [1.29, 1.82) is 0 Å². The smallest absolute Gasteiger partial charge is 0.116 e. The summed E-state index contributed by atoms with van der Waals surface area (Å²) >= 11 is 0. The van der Waals surface area contributed by atoms with Gasteiger partial charge < -0.3 is 5.11 Å². The Morgan fingerprint density at radius 1 is 1.16 bits per heavy atom. The zero-order valence-corrected chi connectivity index (χ0v) is 11.3. The number of hydrogen-bond acceptors (Lipinski definition) is 2. The van der Waals surface area contributed by atoms with Gasteiger partial charge in [0.2, 0.25) is 0 Å². The van der Waals surface area contributed by atoms with Crippen LogP contribution in [0.3, 0.4) is 0 Å². The Morgan fingerprint density at radius 2 is 2.00 bits per heavy atom. The summed E-state index contributed by atoms with van der Waals surface area (Å²) in [5.74, 6) is 0. The van der Waals surface area contributed by atoms with E-state index in [1.165, 1.54) is 5.56 Å². The molecule has 98 valence electrons. The molecule has 0 radical (unpaired) electrons. The molecule has 0 aliphatic heterocycles. The number of benzene rings is 1. The minimum absolute atomic E-state index is 0.773. The summed E-state index contributed by atoms with van der Waals surface area (Å²) in [6.45, 7) is 2.02. The van der Waals surface area contributed by atoms with Crippen LogP contribution in [-0.4, -0.2) is 10.1 Å². The van der Waals surface area contributed by atoms with E-state index in [1.807, 2.05) is 19.2 Å². The largest absolute Gasteiger partial charge is 0.380 e. The SMILES string of the molecule is Cc1cncc(C2(O)CCCCc3ccccc32)c1. The summed E-state index contributed by atoms with van der Waals surface area (Å²) in [6, 6.07) is 10.3. The van der Waals surface area contributed by atoms with E-state index in [9.17, 15) is 5.11 Å². The third-order valence-corrected chi connectivity index (χ3v) is 4.05. The second-order valence-corrected chi connectivity index (χ2v) is 5.48. The highest BCUT2D eigenvalue weighted by molar-refractivity contribution is 5.41. The minimum atomic E-state index is -0.883. The fourth-order valence-electron chi connectivity index (χ4n) is 3.05. The summed E-state index contributed by atoms with van der Waals surface area (Å²) in [5, 5.41) is 11.3. The van der Waals surface area contributed by atoms with Gasteiger partial charge in [0.1, 0.15) is 5.60 Å². The summed E-state index contributed by atoms with van der Waals surface area (Å²) < 4.78 is 0. The van der Waals surface area contributed by atoms with E-state index in [2.05, 4.69) is 29.2 Å². The second kappa shape index (κ2) is 4.78. The van der Waals surface area contributed by atoms with Crippen molar-refractivity contribution in [2.75, 3.05) is 0 Å². The maximum atomic E-state index is 11.3. The molecule has 0 saturated heterocycles. The highest BCUT2D eigenvalue weighted by atomic mass is 16.3. The van der Waals surface area contributed by atoms with Gasteiger partial charge in [-0.2, -0.15) is 0 Å². The van der Waals surface area contributed by atoms with Gasteiger partial charge in [-0.3, -0.25) is 4.98 Å². The number of aryl methyl sites for hydroxylation is 2. The highest BCUT2D eigenvalue weighted by Crippen LogP contribution is 2.39. The zero-order valence-electron chi connectivity index (χ0n) is 11.3. The third kappa shape index (κ3) is 2.17. The topological polar surface area (TPSA) is 33.1 Å². The molecule has 3 rings (SSSR count). The molecule has 1 aliphatic rings. The molecule has 2 nitrogen and oxygen atoms in total. The number of aliphatic hydroxyl groups is 1. The normalized spacial score (nSPS) is 22.6. The lowest BCUT2D eigenvalue weighted by atomic mass is 9.82. The number of aromatic nitrogens is 1. The van der Waals surface area contributed by atoms with Gasteiger partial charge in [0.25, 0.3) is 0 Å². The van der Waals surface area contributed by atoms with Crippen LogP contribution in [0, 0.1) is 6.92 Å². The van der Waals surface area contributed by atoms with E-state index in [0.29, 0.717) is 0 Å². The van der Waals surface area contributed by atoms with Gasteiger partial charge in [-0.05, 0) is 55.4 Å². The van der Waals surface area contributed by atoms with E-state index in [1.54, 1.807) is 6.20 Å². The maximum Gasteiger partial charge on any atom is 0.116 e. The Balaban J connectivity index is 2.17. The first-order chi connectivity index (χ1) is 9.20. The molecule has 1 atom stereocenters. The highest BCUT2D eigenvalue weighted by Gasteiger charge is 2.34. The van der Waals surface area contributed by atoms with Gasteiger partial charge in [0.05, 0.1) is 0 Å². The van der Waals surface area contributed by atoms with Gasteiger partial charge >= 0.3 is 0 Å². The molecule has 0 spiro atoms. The van der Waals surface area contributed by atoms with Crippen molar-refractivity contribution in [3.63, 3.8) is 0 Å². The average molecular weight is 253 g/mol. The average Bonchev–Trinajstić information content (AvgIpc) is 2.60. The summed E-state index contributed by atoms with van der Waals surface area (Å²) in [6.07, 6.45) is 7.63. The molecule has 0 bridgehead atoms. The predicted octanol–water partition coefficient (Wildman–Crippen LogP) is 3.35. The van der Waals surface area contributed by atoms with E-state index < -0.39 is 5.60 Å². The van der Waals surface area contributed by atoms with Crippen molar-refractivity contribution in [2.45, 2.75) is 38.2 Å². The van der Waals surface area contributed by atoms with Crippen LogP contribution >= 0.6 is 0 Å². The van der Waals surface area contributed by atoms with Crippen molar-refractivity contribution in [1.82, 2.24) is 4.98 Å². The first-order valence-electron chi connectivity index (χ1n) is 6.93. The van der Waals surface area contributed by atoms with Crippen LogP contribution in [0.5, 0.6) is 0 Å². The zero-order chi connectivity index (χ0) is 13.3. The quantitative estimate of drug-likeness (QED) is 0.791. The Hall–Kier alpha value is -1.67. The lowest BCUT2D eigenvalue weighted by Gasteiger charge is -2.29. The molecule has 1 aromatic heterocycles. The summed E-state index contributed by atoms with van der Waals surface area (Å²) in [7, 11) is 0. The van der Waals surface area contributed by atoms with Crippen molar-refractivity contribution < 1.29 is 5.11 Å². The molecular formula is C17H19NO. The molecular weight excluding hydrogens is 234 g/mol. The minimum Gasteiger partial charge on any atom is -0.380 e. The summed E-state index contributed by atoms with van der Waals surface area (Å²) in [5.41, 5.74) is 3.45. The molecule has 2 aromatic rings. The monoisotopic (exact) mass is 253 g/mol.